The number of nitrogens with one attached hydrogen (secondary N) is 1. The number of benzene rings is 2. The number of carbonyl (C=O) groups excluding carboxylic acids is 1. The van der Waals surface area contributed by atoms with E-state index in [0.29, 0.717) is 18.7 Å². The number of amides is 2. The van der Waals surface area contributed by atoms with Gasteiger partial charge in [-0.05, 0) is 36.6 Å². The van der Waals surface area contributed by atoms with Crippen LogP contribution in [0.3, 0.4) is 0 Å². The molecule has 0 radical (unpaired) electrons. The van der Waals surface area contributed by atoms with Crippen molar-refractivity contribution in [1.29, 1.82) is 0 Å². The smallest absolute Gasteiger partial charge is 0.317 e. The molecule has 2 rings (SSSR count). The van der Waals surface area contributed by atoms with Gasteiger partial charge in [0.25, 0.3) is 0 Å². The summed E-state index contributed by atoms with van der Waals surface area (Å²) in [6.45, 7) is 2.94. The van der Waals surface area contributed by atoms with Crippen LogP contribution in [0.1, 0.15) is 16.7 Å². The predicted octanol–water partition coefficient (Wildman–Crippen LogP) is 3.53. The van der Waals surface area contributed by atoms with Crippen molar-refractivity contribution in [2.24, 2.45) is 0 Å². The Morgan fingerprint density at radius 3 is 2.67 bits per heavy atom. The van der Waals surface area contributed by atoms with Gasteiger partial charge in [-0.15, -0.1) is 0 Å². The van der Waals surface area contributed by atoms with Crippen LogP contribution in [0.4, 0.5) is 9.18 Å². The number of ether oxygens (including phenoxy) is 1. The van der Waals surface area contributed by atoms with Gasteiger partial charge >= 0.3 is 6.03 Å². The van der Waals surface area contributed by atoms with Gasteiger partial charge in [0.1, 0.15) is 0 Å². The van der Waals surface area contributed by atoms with Crippen molar-refractivity contribution < 1.29 is 13.9 Å². The monoisotopic (exact) mass is 330 g/mol. The summed E-state index contributed by atoms with van der Waals surface area (Å²) < 4.78 is 18.6. The Kier molecular flexibility index (Phi) is 6.18. The molecule has 5 heteroatoms. The molecule has 0 aliphatic rings. The molecular formula is C19H23FN2O2. The molecule has 0 bridgehead atoms. The van der Waals surface area contributed by atoms with Gasteiger partial charge in [-0.3, -0.25) is 0 Å². The van der Waals surface area contributed by atoms with E-state index in [1.807, 2.05) is 25.1 Å². The van der Waals surface area contributed by atoms with Crippen LogP contribution in [-0.2, 0) is 13.0 Å². The second-order valence-electron chi connectivity index (χ2n) is 5.80. The molecule has 0 saturated heterocycles. The molecule has 0 aromatic heterocycles. The van der Waals surface area contributed by atoms with E-state index >= 15 is 0 Å². The molecule has 24 heavy (non-hydrogen) atoms. The first-order valence-electron chi connectivity index (χ1n) is 7.86. The number of rotatable bonds is 6. The second kappa shape index (κ2) is 8.34. The third-order valence-corrected chi connectivity index (χ3v) is 3.76. The van der Waals surface area contributed by atoms with Crippen LogP contribution in [0.15, 0.2) is 42.5 Å². The van der Waals surface area contributed by atoms with E-state index in [0.717, 1.165) is 6.42 Å². The van der Waals surface area contributed by atoms with Crippen LogP contribution in [0.25, 0.3) is 0 Å². The lowest BCUT2D eigenvalue weighted by Crippen LogP contribution is -2.37. The maximum Gasteiger partial charge on any atom is 0.317 e. The fourth-order valence-corrected chi connectivity index (χ4v) is 2.47. The normalized spacial score (nSPS) is 10.3. The average Bonchev–Trinajstić information content (AvgIpc) is 2.55. The van der Waals surface area contributed by atoms with Crippen molar-refractivity contribution in [2.75, 3.05) is 20.7 Å². The summed E-state index contributed by atoms with van der Waals surface area (Å²) in [6.07, 6.45) is 0.776. The van der Waals surface area contributed by atoms with E-state index in [2.05, 4.69) is 11.4 Å². The standard InChI is InChI=1S/C19H23FN2O2/c1-14-5-4-6-15(11-14)9-10-21-19(23)22(2)13-16-7-8-18(24-3)17(20)12-16/h4-8,11-12H,9-10,13H2,1-3H3,(H,21,23). The van der Waals surface area contributed by atoms with E-state index in [1.54, 1.807) is 19.2 Å². The van der Waals surface area contributed by atoms with E-state index in [4.69, 9.17) is 4.74 Å². The molecule has 0 unspecified atom stereocenters. The lowest BCUT2D eigenvalue weighted by atomic mass is 10.1. The first kappa shape index (κ1) is 17.8. The zero-order valence-electron chi connectivity index (χ0n) is 14.3. The average molecular weight is 330 g/mol. The van der Waals surface area contributed by atoms with Gasteiger partial charge in [0.15, 0.2) is 11.6 Å². The summed E-state index contributed by atoms with van der Waals surface area (Å²) in [6, 6.07) is 12.7. The lowest BCUT2D eigenvalue weighted by Gasteiger charge is -2.18. The molecule has 0 fully saturated rings. The first-order valence-corrected chi connectivity index (χ1v) is 7.86. The van der Waals surface area contributed by atoms with Gasteiger partial charge in [0.05, 0.1) is 7.11 Å². The molecule has 2 aromatic carbocycles. The summed E-state index contributed by atoms with van der Waals surface area (Å²) >= 11 is 0. The van der Waals surface area contributed by atoms with Gasteiger partial charge in [0.2, 0.25) is 0 Å². The summed E-state index contributed by atoms with van der Waals surface area (Å²) in [7, 11) is 3.11. The fraction of sp³-hybridized carbons (Fsp3) is 0.316. The van der Waals surface area contributed by atoms with Gasteiger partial charge < -0.3 is 15.0 Å². The summed E-state index contributed by atoms with van der Waals surface area (Å²) in [5.74, 6) is -0.229. The first-order chi connectivity index (χ1) is 11.5. The highest BCUT2D eigenvalue weighted by molar-refractivity contribution is 5.73. The summed E-state index contributed by atoms with van der Waals surface area (Å²) in [5, 5.41) is 2.88. The fourth-order valence-electron chi connectivity index (χ4n) is 2.47. The zero-order valence-corrected chi connectivity index (χ0v) is 14.3. The number of halogens is 1. The Hall–Kier alpha value is -2.56. The molecule has 0 heterocycles. The molecule has 2 aromatic rings. The van der Waals surface area contributed by atoms with E-state index < -0.39 is 5.82 Å². The second-order valence-corrected chi connectivity index (χ2v) is 5.80. The highest BCUT2D eigenvalue weighted by Gasteiger charge is 2.10. The Morgan fingerprint density at radius 1 is 1.21 bits per heavy atom. The van der Waals surface area contributed by atoms with Crippen molar-refractivity contribution in [1.82, 2.24) is 10.2 Å². The minimum atomic E-state index is -0.428. The molecule has 128 valence electrons. The quantitative estimate of drug-likeness (QED) is 0.880. The minimum Gasteiger partial charge on any atom is -0.494 e. The van der Waals surface area contributed by atoms with Crippen LogP contribution < -0.4 is 10.1 Å². The maximum absolute atomic E-state index is 13.7. The predicted molar refractivity (Wildman–Crippen MR) is 92.7 cm³/mol. The summed E-state index contributed by atoms with van der Waals surface area (Å²) in [4.78, 5) is 13.6. The molecule has 2 amide bonds. The summed E-state index contributed by atoms with van der Waals surface area (Å²) in [5.41, 5.74) is 3.11. The number of hydrogen-bond acceptors (Lipinski definition) is 2. The van der Waals surface area contributed by atoms with Crippen molar-refractivity contribution in [3.8, 4) is 5.75 Å². The number of aryl methyl sites for hydroxylation is 1. The molecule has 0 spiro atoms. The maximum atomic E-state index is 13.7. The highest BCUT2D eigenvalue weighted by atomic mass is 19.1. The molecule has 1 N–H and O–H groups in total. The highest BCUT2D eigenvalue weighted by Crippen LogP contribution is 2.18. The molecule has 0 aliphatic heterocycles. The van der Waals surface area contributed by atoms with Crippen molar-refractivity contribution in [3.05, 3.63) is 65.0 Å². The van der Waals surface area contributed by atoms with Crippen LogP contribution in [0, 0.1) is 12.7 Å². The molecule has 0 aliphatic carbocycles. The lowest BCUT2D eigenvalue weighted by molar-refractivity contribution is 0.207. The zero-order chi connectivity index (χ0) is 17.5. The number of methoxy groups -OCH3 is 1. The van der Waals surface area contributed by atoms with E-state index in [9.17, 15) is 9.18 Å². The van der Waals surface area contributed by atoms with Crippen molar-refractivity contribution in [3.63, 3.8) is 0 Å². The van der Waals surface area contributed by atoms with E-state index in [-0.39, 0.29) is 11.8 Å². The Morgan fingerprint density at radius 2 is 2.00 bits per heavy atom. The largest absolute Gasteiger partial charge is 0.494 e. The van der Waals surface area contributed by atoms with Crippen LogP contribution >= 0.6 is 0 Å². The molecular weight excluding hydrogens is 307 g/mol. The number of carbonyl (C=O) groups is 1. The third kappa shape index (κ3) is 4.98. The van der Waals surface area contributed by atoms with Gasteiger partial charge in [-0.2, -0.15) is 0 Å². The third-order valence-electron chi connectivity index (χ3n) is 3.76. The van der Waals surface area contributed by atoms with Crippen LogP contribution in [0.2, 0.25) is 0 Å². The van der Waals surface area contributed by atoms with Gasteiger partial charge in [-0.1, -0.05) is 35.9 Å². The Labute approximate surface area is 142 Å². The van der Waals surface area contributed by atoms with Gasteiger partial charge in [-0.25, -0.2) is 9.18 Å². The molecule has 0 atom stereocenters. The Balaban J connectivity index is 1.82. The van der Waals surface area contributed by atoms with E-state index in [1.165, 1.54) is 29.2 Å². The van der Waals surface area contributed by atoms with Crippen LogP contribution in [0.5, 0.6) is 5.75 Å². The molecule has 0 saturated carbocycles. The Bertz CT molecular complexity index is 704. The number of nitrogens with zero attached hydrogens (tertiary/aromatic N) is 1. The minimum absolute atomic E-state index is 0.182. The number of hydrogen-bond donors (Lipinski definition) is 1. The molecule has 4 nitrogen and oxygen atoms in total. The van der Waals surface area contributed by atoms with Gasteiger partial charge in [0, 0.05) is 20.1 Å². The van der Waals surface area contributed by atoms with Crippen molar-refractivity contribution >= 4 is 6.03 Å². The van der Waals surface area contributed by atoms with Crippen molar-refractivity contribution in [2.45, 2.75) is 19.9 Å². The van der Waals surface area contributed by atoms with Crippen LogP contribution in [-0.4, -0.2) is 31.6 Å². The SMILES string of the molecule is COc1ccc(CN(C)C(=O)NCCc2cccc(C)c2)cc1F. The topological polar surface area (TPSA) is 41.6 Å². The number of urea groups is 1.